The molecule has 1 N–H and O–H groups in total. The van der Waals surface area contributed by atoms with Gasteiger partial charge in [0.25, 0.3) is 0 Å². The Balaban J connectivity index is 2.52. The van der Waals surface area contributed by atoms with E-state index in [0.717, 1.165) is 5.56 Å². The third-order valence-electron chi connectivity index (χ3n) is 1.28. The highest BCUT2D eigenvalue weighted by molar-refractivity contribution is 8.11. The first kappa shape index (κ1) is 9.29. The Morgan fingerprint density at radius 3 is 2.58 bits per heavy atom. The maximum Gasteiger partial charge on any atom is 0.134 e. The van der Waals surface area contributed by atoms with Crippen molar-refractivity contribution in [1.29, 1.82) is 0 Å². The average Bonchev–Trinajstić information content (AvgIpc) is 2.05. The molecule has 0 saturated heterocycles. The van der Waals surface area contributed by atoms with Gasteiger partial charge in [0, 0.05) is 6.20 Å². The molecule has 0 aliphatic heterocycles. The van der Waals surface area contributed by atoms with Gasteiger partial charge in [-0.1, -0.05) is 42.5 Å². The Hall–Kier alpha value is -0.800. The van der Waals surface area contributed by atoms with Crippen LogP contribution in [0.25, 0.3) is 6.08 Å². The summed E-state index contributed by atoms with van der Waals surface area (Å²) in [6.07, 6.45) is 3.70. The second kappa shape index (κ2) is 4.95. The smallest absolute Gasteiger partial charge is 0.134 e. The molecule has 3 heteroatoms. The normalized spacial score (nSPS) is 10.1. The summed E-state index contributed by atoms with van der Waals surface area (Å²) in [5.41, 5.74) is 1.13. The fourth-order valence-corrected chi connectivity index (χ4v) is 0.916. The summed E-state index contributed by atoms with van der Waals surface area (Å²) in [7, 11) is 0. The van der Waals surface area contributed by atoms with Gasteiger partial charge in [-0.15, -0.1) is 12.6 Å². The van der Waals surface area contributed by atoms with Crippen molar-refractivity contribution in [3.05, 3.63) is 42.1 Å². The van der Waals surface area contributed by atoms with Gasteiger partial charge in [-0.2, -0.15) is 0 Å². The molecule has 0 fully saturated rings. The summed E-state index contributed by atoms with van der Waals surface area (Å²) in [5.74, 6) is 0. The van der Waals surface area contributed by atoms with Gasteiger partial charge in [0.2, 0.25) is 0 Å². The quantitative estimate of drug-likeness (QED) is 0.555. The third-order valence-corrected chi connectivity index (χ3v) is 1.53. The van der Waals surface area contributed by atoms with Gasteiger partial charge >= 0.3 is 0 Å². The second-order valence-electron chi connectivity index (χ2n) is 2.19. The first-order valence-corrected chi connectivity index (χ1v) is 4.35. The summed E-state index contributed by atoms with van der Waals surface area (Å²) >= 11 is 8.63. The van der Waals surface area contributed by atoms with Gasteiger partial charge in [-0.3, -0.25) is 0 Å². The predicted molar refractivity (Wildman–Crippen MR) is 60.2 cm³/mol. The van der Waals surface area contributed by atoms with E-state index in [-0.39, 0.29) is 0 Å². The van der Waals surface area contributed by atoms with Gasteiger partial charge in [0.1, 0.15) is 4.32 Å². The van der Waals surface area contributed by atoms with Crippen molar-refractivity contribution in [3.8, 4) is 0 Å². The molecule has 0 aliphatic rings. The van der Waals surface area contributed by atoms with Gasteiger partial charge in [0.15, 0.2) is 0 Å². The highest BCUT2D eigenvalue weighted by Crippen LogP contribution is 1.99. The molecule has 1 nitrogen and oxygen atoms in total. The zero-order valence-electron chi connectivity index (χ0n) is 6.40. The number of hydrogen-bond donors (Lipinski definition) is 2. The first-order chi connectivity index (χ1) is 5.79. The van der Waals surface area contributed by atoms with Crippen LogP contribution in [-0.4, -0.2) is 4.32 Å². The standard InChI is InChI=1S/C9H9NS2/c11-9(12)10-7-6-8-4-2-1-3-5-8/h1-7H,(H2,10,11,12). The van der Waals surface area contributed by atoms with Crippen LogP contribution in [0.4, 0.5) is 0 Å². The molecule has 0 heterocycles. The van der Waals surface area contributed by atoms with E-state index < -0.39 is 0 Å². The van der Waals surface area contributed by atoms with E-state index in [1.807, 2.05) is 36.4 Å². The van der Waals surface area contributed by atoms with Crippen LogP contribution >= 0.6 is 24.8 Å². The van der Waals surface area contributed by atoms with Crippen molar-refractivity contribution < 1.29 is 0 Å². The summed E-state index contributed by atoms with van der Waals surface area (Å²) in [6.45, 7) is 0. The summed E-state index contributed by atoms with van der Waals surface area (Å²) in [5, 5.41) is 2.81. The van der Waals surface area contributed by atoms with Crippen LogP contribution in [0.15, 0.2) is 36.5 Å². The van der Waals surface area contributed by atoms with Gasteiger partial charge < -0.3 is 5.32 Å². The number of thiocarbonyl (C=S) groups is 1. The molecule has 0 aromatic heterocycles. The van der Waals surface area contributed by atoms with E-state index in [2.05, 4.69) is 17.9 Å². The van der Waals surface area contributed by atoms with Crippen LogP contribution in [-0.2, 0) is 0 Å². The molecule has 62 valence electrons. The Bertz CT molecular complexity index is 280. The lowest BCUT2D eigenvalue weighted by molar-refractivity contribution is 1.36. The molecule has 1 aromatic carbocycles. The lowest BCUT2D eigenvalue weighted by Crippen LogP contribution is -2.05. The summed E-state index contributed by atoms with van der Waals surface area (Å²) in [6, 6.07) is 9.98. The maximum absolute atomic E-state index is 4.71. The molecule has 0 bridgehead atoms. The van der Waals surface area contributed by atoms with Crippen molar-refractivity contribution in [1.82, 2.24) is 5.32 Å². The second-order valence-corrected chi connectivity index (χ2v) is 3.35. The molecule has 0 amide bonds. The number of rotatable bonds is 2. The van der Waals surface area contributed by atoms with E-state index in [4.69, 9.17) is 12.2 Å². The molecule has 0 radical (unpaired) electrons. The Morgan fingerprint density at radius 2 is 2.00 bits per heavy atom. The van der Waals surface area contributed by atoms with Crippen LogP contribution in [0.2, 0.25) is 0 Å². The van der Waals surface area contributed by atoms with Crippen LogP contribution in [0.1, 0.15) is 5.56 Å². The molecule has 1 aromatic rings. The van der Waals surface area contributed by atoms with Crippen molar-refractivity contribution >= 4 is 35.2 Å². The van der Waals surface area contributed by atoms with E-state index in [0.29, 0.717) is 4.32 Å². The average molecular weight is 195 g/mol. The lowest BCUT2D eigenvalue weighted by atomic mass is 10.2. The maximum atomic E-state index is 4.71. The Morgan fingerprint density at radius 1 is 1.33 bits per heavy atom. The number of hydrogen-bond acceptors (Lipinski definition) is 1. The molecule has 0 unspecified atom stereocenters. The molecule has 0 spiro atoms. The fourth-order valence-electron chi connectivity index (χ4n) is 0.773. The lowest BCUT2D eigenvalue weighted by Gasteiger charge is -1.93. The van der Waals surface area contributed by atoms with Crippen molar-refractivity contribution in [3.63, 3.8) is 0 Å². The minimum Gasteiger partial charge on any atom is -0.348 e. The minimum atomic E-state index is 0.474. The van der Waals surface area contributed by atoms with Gasteiger partial charge in [-0.25, -0.2) is 0 Å². The summed E-state index contributed by atoms with van der Waals surface area (Å²) in [4.78, 5) is 0. The molecule has 12 heavy (non-hydrogen) atoms. The molecule has 1 rings (SSSR count). The van der Waals surface area contributed by atoms with E-state index in [1.165, 1.54) is 0 Å². The monoisotopic (exact) mass is 195 g/mol. The first-order valence-electron chi connectivity index (χ1n) is 3.50. The van der Waals surface area contributed by atoms with E-state index in [9.17, 15) is 0 Å². The Kier molecular flexibility index (Phi) is 3.84. The van der Waals surface area contributed by atoms with Crippen LogP contribution in [0.3, 0.4) is 0 Å². The zero-order chi connectivity index (χ0) is 8.81. The highest BCUT2D eigenvalue weighted by atomic mass is 32.1. The molecular weight excluding hydrogens is 186 g/mol. The van der Waals surface area contributed by atoms with Crippen molar-refractivity contribution in [2.75, 3.05) is 0 Å². The third kappa shape index (κ3) is 3.55. The van der Waals surface area contributed by atoms with Gasteiger partial charge in [-0.05, 0) is 11.6 Å². The molecule has 0 atom stereocenters. The highest BCUT2D eigenvalue weighted by Gasteiger charge is 1.82. The SMILES string of the molecule is S=C(S)NC=Cc1ccccc1. The zero-order valence-corrected chi connectivity index (χ0v) is 8.11. The topological polar surface area (TPSA) is 12.0 Å². The fraction of sp³-hybridized carbons (Fsp3) is 0. The number of thiol groups is 1. The molecule has 0 aliphatic carbocycles. The van der Waals surface area contributed by atoms with E-state index >= 15 is 0 Å². The number of benzene rings is 1. The summed E-state index contributed by atoms with van der Waals surface area (Å²) < 4.78 is 0.474. The van der Waals surface area contributed by atoms with Crippen LogP contribution in [0, 0.1) is 0 Å². The molecule has 0 saturated carbocycles. The largest absolute Gasteiger partial charge is 0.348 e. The van der Waals surface area contributed by atoms with Crippen molar-refractivity contribution in [2.45, 2.75) is 0 Å². The van der Waals surface area contributed by atoms with E-state index in [1.54, 1.807) is 6.20 Å². The number of nitrogens with one attached hydrogen (secondary N) is 1. The Labute approximate surface area is 82.9 Å². The predicted octanol–water partition coefficient (Wildman–Crippen LogP) is 2.46. The van der Waals surface area contributed by atoms with Crippen molar-refractivity contribution in [2.24, 2.45) is 0 Å². The van der Waals surface area contributed by atoms with Crippen LogP contribution in [0.5, 0.6) is 0 Å². The molecular formula is C9H9NS2. The van der Waals surface area contributed by atoms with Gasteiger partial charge in [0.05, 0.1) is 0 Å². The minimum absolute atomic E-state index is 0.474. The van der Waals surface area contributed by atoms with Crippen LogP contribution < -0.4 is 5.32 Å².